The molecule has 0 radical (unpaired) electrons. The molecule has 122 valence electrons. The topological polar surface area (TPSA) is 83.7 Å². The Morgan fingerprint density at radius 3 is 2.32 bits per heavy atom. The molecule has 1 aromatic rings. The summed E-state index contributed by atoms with van der Waals surface area (Å²) in [6.07, 6.45) is 0. The number of anilines is 1. The highest BCUT2D eigenvalue weighted by molar-refractivity contribution is 7.92. The quantitative estimate of drug-likeness (QED) is 0.830. The standard InChI is InChI=1S/C15H23N3O3S/c1-13(22(20,21)12-7-16)15(19)18-10-8-17(9-11-18)14-5-3-2-4-6-14/h2-6,13H,7-12,16H2,1H3. The maximum absolute atomic E-state index is 12.4. The van der Waals surface area contributed by atoms with Gasteiger partial charge in [-0.05, 0) is 19.1 Å². The first kappa shape index (κ1) is 16.8. The van der Waals surface area contributed by atoms with Crippen LogP contribution in [-0.4, -0.2) is 63.0 Å². The average Bonchev–Trinajstić information content (AvgIpc) is 2.54. The fraction of sp³-hybridized carbons (Fsp3) is 0.533. The molecule has 1 amide bonds. The van der Waals surface area contributed by atoms with E-state index in [0.717, 1.165) is 5.69 Å². The molecule has 1 aliphatic heterocycles. The predicted octanol–water partition coefficient (Wildman–Crippen LogP) is 0.0972. The Morgan fingerprint density at radius 2 is 1.77 bits per heavy atom. The minimum Gasteiger partial charge on any atom is -0.368 e. The Labute approximate surface area is 131 Å². The highest BCUT2D eigenvalue weighted by Gasteiger charge is 2.32. The van der Waals surface area contributed by atoms with Crippen molar-refractivity contribution in [1.82, 2.24) is 4.90 Å². The van der Waals surface area contributed by atoms with Crippen molar-refractivity contribution in [3.8, 4) is 0 Å². The van der Waals surface area contributed by atoms with Gasteiger partial charge in [0, 0.05) is 38.4 Å². The lowest BCUT2D eigenvalue weighted by molar-refractivity contribution is -0.130. The summed E-state index contributed by atoms with van der Waals surface area (Å²) in [5.41, 5.74) is 6.43. The minimum atomic E-state index is -3.45. The number of para-hydroxylation sites is 1. The summed E-state index contributed by atoms with van der Waals surface area (Å²) in [4.78, 5) is 16.2. The van der Waals surface area contributed by atoms with Gasteiger partial charge in [0.2, 0.25) is 5.91 Å². The third-order valence-electron chi connectivity index (χ3n) is 4.00. The number of benzene rings is 1. The van der Waals surface area contributed by atoms with Crippen LogP contribution in [-0.2, 0) is 14.6 Å². The van der Waals surface area contributed by atoms with Crippen molar-refractivity contribution in [2.24, 2.45) is 5.73 Å². The van der Waals surface area contributed by atoms with Crippen LogP contribution in [0.3, 0.4) is 0 Å². The molecule has 7 heteroatoms. The Hall–Kier alpha value is -1.60. The van der Waals surface area contributed by atoms with Crippen molar-refractivity contribution in [1.29, 1.82) is 0 Å². The minimum absolute atomic E-state index is 0.0434. The second-order valence-electron chi connectivity index (χ2n) is 5.45. The van der Waals surface area contributed by atoms with Gasteiger partial charge in [-0.3, -0.25) is 4.79 Å². The van der Waals surface area contributed by atoms with Gasteiger partial charge in [-0.15, -0.1) is 0 Å². The van der Waals surface area contributed by atoms with Crippen LogP contribution in [0.25, 0.3) is 0 Å². The van der Waals surface area contributed by atoms with Gasteiger partial charge in [-0.2, -0.15) is 0 Å². The van der Waals surface area contributed by atoms with E-state index in [4.69, 9.17) is 5.73 Å². The number of carbonyl (C=O) groups excluding carboxylic acids is 1. The van der Waals surface area contributed by atoms with Crippen molar-refractivity contribution in [3.05, 3.63) is 30.3 Å². The molecule has 1 fully saturated rings. The molecule has 2 N–H and O–H groups in total. The van der Waals surface area contributed by atoms with E-state index < -0.39 is 15.1 Å². The lowest BCUT2D eigenvalue weighted by atomic mass is 10.2. The molecule has 0 aliphatic carbocycles. The SMILES string of the molecule is CC(C(=O)N1CCN(c2ccccc2)CC1)S(=O)(=O)CCN. The number of hydrogen-bond acceptors (Lipinski definition) is 5. The zero-order valence-electron chi connectivity index (χ0n) is 12.8. The molecular weight excluding hydrogens is 302 g/mol. The first-order valence-corrected chi connectivity index (χ1v) is 9.17. The smallest absolute Gasteiger partial charge is 0.240 e. The van der Waals surface area contributed by atoms with Gasteiger partial charge >= 0.3 is 0 Å². The number of carbonyl (C=O) groups is 1. The van der Waals surface area contributed by atoms with Gasteiger partial charge in [-0.1, -0.05) is 18.2 Å². The summed E-state index contributed by atoms with van der Waals surface area (Å²) in [6, 6.07) is 9.99. The van der Waals surface area contributed by atoms with Crippen molar-refractivity contribution < 1.29 is 13.2 Å². The van der Waals surface area contributed by atoms with Gasteiger partial charge in [-0.25, -0.2) is 8.42 Å². The lowest BCUT2D eigenvalue weighted by Gasteiger charge is -2.37. The van der Waals surface area contributed by atoms with E-state index >= 15 is 0 Å². The van der Waals surface area contributed by atoms with Crippen LogP contribution in [0, 0.1) is 0 Å². The van der Waals surface area contributed by atoms with E-state index in [-0.39, 0.29) is 18.2 Å². The normalized spacial score (nSPS) is 17.4. The van der Waals surface area contributed by atoms with Crippen molar-refractivity contribution >= 4 is 21.4 Å². The number of nitrogens with two attached hydrogens (primary N) is 1. The molecule has 1 aliphatic rings. The molecule has 0 spiro atoms. The highest BCUT2D eigenvalue weighted by atomic mass is 32.2. The molecule has 1 unspecified atom stereocenters. The first-order valence-electron chi connectivity index (χ1n) is 7.46. The molecule has 1 saturated heterocycles. The van der Waals surface area contributed by atoms with Crippen LogP contribution >= 0.6 is 0 Å². The highest BCUT2D eigenvalue weighted by Crippen LogP contribution is 2.16. The van der Waals surface area contributed by atoms with Crippen molar-refractivity contribution in [2.75, 3.05) is 43.4 Å². The van der Waals surface area contributed by atoms with Gasteiger partial charge < -0.3 is 15.5 Å². The van der Waals surface area contributed by atoms with E-state index in [0.29, 0.717) is 26.2 Å². The van der Waals surface area contributed by atoms with Crippen molar-refractivity contribution in [2.45, 2.75) is 12.2 Å². The summed E-state index contributed by atoms with van der Waals surface area (Å²) in [5, 5.41) is -1.01. The number of nitrogens with zero attached hydrogens (tertiary/aromatic N) is 2. The third kappa shape index (κ3) is 3.78. The Bertz CT molecular complexity index is 596. The molecule has 1 heterocycles. The summed E-state index contributed by atoms with van der Waals surface area (Å²) in [5.74, 6) is -0.467. The number of amides is 1. The maximum Gasteiger partial charge on any atom is 0.240 e. The Morgan fingerprint density at radius 1 is 1.18 bits per heavy atom. The molecular formula is C15H23N3O3S. The van der Waals surface area contributed by atoms with Gasteiger partial charge in [0.1, 0.15) is 5.25 Å². The van der Waals surface area contributed by atoms with E-state index in [1.54, 1.807) is 4.90 Å². The van der Waals surface area contributed by atoms with Gasteiger partial charge in [0.05, 0.1) is 5.75 Å². The fourth-order valence-corrected chi connectivity index (χ4v) is 3.71. The Kier molecular flexibility index (Phi) is 5.42. The number of piperazine rings is 1. The van der Waals surface area contributed by atoms with E-state index in [9.17, 15) is 13.2 Å². The number of rotatable bonds is 5. The number of sulfone groups is 1. The number of hydrogen-bond donors (Lipinski definition) is 1. The molecule has 0 aromatic heterocycles. The zero-order valence-corrected chi connectivity index (χ0v) is 13.6. The maximum atomic E-state index is 12.4. The molecule has 2 rings (SSSR count). The molecule has 1 aromatic carbocycles. The Balaban J connectivity index is 1.95. The predicted molar refractivity (Wildman–Crippen MR) is 87.5 cm³/mol. The third-order valence-corrected chi connectivity index (χ3v) is 6.09. The summed E-state index contributed by atoms with van der Waals surface area (Å²) in [6.45, 7) is 3.99. The monoisotopic (exact) mass is 325 g/mol. The summed E-state index contributed by atoms with van der Waals surface area (Å²) < 4.78 is 23.9. The summed E-state index contributed by atoms with van der Waals surface area (Å²) >= 11 is 0. The molecule has 1 atom stereocenters. The second-order valence-corrected chi connectivity index (χ2v) is 7.89. The van der Waals surface area contributed by atoms with E-state index in [2.05, 4.69) is 4.90 Å². The van der Waals surface area contributed by atoms with Crippen LogP contribution in [0.1, 0.15) is 6.92 Å². The molecule has 0 saturated carbocycles. The van der Waals surface area contributed by atoms with Crippen LogP contribution in [0.5, 0.6) is 0 Å². The van der Waals surface area contributed by atoms with Gasteiger partial charge in [0.25, 0.3) is 0 Å². The summed E-state index contributed by atoms with van der Waals surface area (Å²) in [7, 11) is -3.45. The second kappa shape index (κ2) is 7.11. The van der Waals surface area contributed by atoms with Crippen LogP contribution in [0.4, 0.5) is 5.69 Å². The van der Waals surface area contributed by atoms with Crippen LogP contribution in [0.15, 0.2) is 30.3 Å². The van der Waals surface area contributed by atoms with E-state index in [1.165, 1.54) is 6.92 Å². The van der Waals surface area contributed by atoms with E-state index in [1.807, 2.05) is 30.3 Å². The van der Waals surface area contributed by atoms with Crippen LogP contribution in [0.2, 0.25) is 0 Å². The van der Waals surface area contributed by atoms with Gasteiger partial charge in [0.15, 0.2) is 9.84 Å². The van der Waals surface area contributed by atoms with Crippen molar-refractivity contribution in [3.63, 3.8) is 0 Å². The zero-order chi connectivity index (χ0) is 16.2. The fourth-order valence-electron chi connectivity index (χ4n) is 2.58. The average molecular weight is 325 g/mol. The largest absolute Gasteiger partial charge is 0.368 e. The first-order chi connectivity index (χ1) is 10.5. The molecule has 22 heavy (non-hydrogen) atoms. The molecule has 0 bridgehead atoms. The lowest BCUT2D eigenvalue weighted by Crippen LogP contribution is -2.52. The van der Waals surface area contributed by atoms with Crippen LogP contribution < -0.4 is 10.6 Å². The molecule has 6 nitrogen and oxygen atoms in total.